The number of carbonyl (C=O) groups is 1. The van der Waals surface area contributed by atoms with Crippen molar-refractivity contribution < 1.29 is 4.79 Å². The highest BCUT2D eigenvalue weighted by Crippen LogP contribution is 2.08. The molecule has 2 heterocycles. The molecule has 0 fully saturated rings. The van der Waals surface area contributed by atoms with Crippen LogP contribution in [-0.4, -0.2) is 32.4 Å². The number of nitrogens with zero attached hydrogens (tertiary/aromatic N) is 4. The van der Waals surface area contributed by atoms with Crippen LogP contribution in [0.1, 0.15) is 16.3 Å². The molecule has 0 bridgehead atoms. The van der Waals surface area contributed by atoms with E-state index in [-0.39, 0.29) is 5.91 Å². The number of rotatable bonds is 3. The Morgan fingerprint density at radius 1 is 1.50 bits per heavy atom. The van der Waals surface area contributed by atoms with Gasteiger partial charge in [-0.15, -0.1) is 0 Å². The summed E-state index contributed by atoms with van der Waals surface area (Å²) in [5, 5.41) is 0.311. The van der Waals surface area contributed by atoms with Crippen molar-refractivity contribution in [1.82, 2.24) is 19.4 Å². The lowest BCUT2D eigenvalue weighted by Crippen LogP contribution is -2.28. The molecule has 0 saturated carbocycles. The average molecular weight is 265 g/mol. The molecule has 0 atom stereocenters. The van der Waals surface area contributed by atoms with Crippen molar-refractivity contribution in [3.63, 3.8) is 0 Å². The number of halogens is 1. The molecule has 1 amide bonds. The van der Waals surface area contributed by atoms with Crippen molar-refractivity contribution in [2.75, 3.05) is 7.05 Å². The van der Waals surface area contributed by atoms with Crippen LogP contribution in [0.15, 0.2) is 30.6 Å². The maximum Gasteiger partial charge on any atom is 0.272 e. The molecule has 0 aliphatic rings. The van der Waals surface area contributed by atoms with E-state index in [2.05, 4.69) is 9.97 Å². The Labute approximate surface area is 110 Å². The predicted octanol–water partition coefficient (Wildman–Crippen LogP) is 1.74. The molecule has 2 aromatic rings. The Morgan fingerprint density at radius 2 is 2.28 bits per heavy atom. The van der Waals surface area contributed by atoms with Crippen molar-refractivity contribution in [2.24, 2.45) is 7.05 Å². The van der Waals surface area contributed by atoms with Crippen LogP contribution in [0.3, 0.4) is 0 Å². The van der Waals surface area contributed by atoms with Gasteiger partial charge in [-0.3, -0.25) is 4.79 Å². The Hall–Kier alpha value is -1.88. The zero-order valence-corrected chi connectivity index (χ0v) is 10.9. The molecule has 2 rings (SSSR count). The molecule has 94 valence electrons. The van der Waals surface area contributed by atoms with E-state index in [0.717, 1.165) is 5.82 Å². The molecule has 0 spiro atoms. The number of hydrogen-bond acceptors (Lipinski definition) is 3. The SMILES string of the molecule is CN(Cc1nccn1C)C(=O)c1cccc(Cl)n1. The Bertz CT molecular complexity index is 567. The smallest absolute Gasteiger partial charge is 0.272 e. The minimum atomic E-state index is -0.180. The molecular weight excluding hydrogens is 252 g/mol. The van der Waals surface area contributed by atoms with E-state index < -0.39 is 0 Å². The van der Waals surface area contributed by atoms with Crippen LogP contribution in [-0.2, 0) is 13.6 Å². The lowest BCUT2D eigenvalue weighted by Gasteiger charge is -2.16. The third-order valence-corrected chi connectivity index (χ3v) is 2.79. The zero-order valence-electron chi connectivity index (χ0n) is 10.2. The van der Waals surface area contributed by atoms with Crippen LogP contribution in [0.4, 0.5) is 0 Å². The highest BCUT2D eigenvalue weighted by molar-refractivity contribution is 6.29. The van der Waals surface area contributed by atoms with Crippen LogP contribution in [0.2, 0.25) is 5.15 Å². The van der Waals surface area contributed by atoms with Crippen LogP contribution >= 0.6 is 11.6 Å². The molecule has 5 nitrogen and oxygen atoms in total. The molecule has 0 saturated heterocycles. The molecule has 0 aliphatic carbocycles. The summed E-state index contributed by atoms with van der Waals surface area (Å²) in [6, 6.07) is 4.98. The van der Waals surface area contributed by atoms with Crippen LogP contribution in [0.5, 0.6) is 0 Å². The van der Waals surface area contributed by atoms with Gasteiger partial charge in [-0.05, 0) is 12.1 Å². The summed E-state index contributed by atoms with van der Waals surface area (Å²) in [4.78, 5) is 21.8. The zero-order chi connectivity index (χ0) is 13.1. The van der Waals surface area contributed by atoms with Crippen molar-refractivity contribution in [1.29, 1.82) is 0 Å². The van der Waals surface area contributed by atoms with E-state index in [1.165, 1.54) is 0 Å². The largest absolute Gasteiger partial charge is 0.337 e. The van der Waals surface area contributed by atoms with Crippen LogP contribution < -0.4 is 0 Å². The van der Waals surface area contributed by atoms with E-state index in [1.54, 1.807) is 36.3 Å². The Balaban J connectivity index is 2.12. The third kappa shape index (κ3) is 2.68. The van der Waals surface area contributed by atoms with Crippen molar-refractivity contribution >= 4 is 17.5 Å². The van der Waals surface area contributed by atoms with Gasteiger partial charge in [0.15, 0.2) is 0 Å². The highest BCUT2D eigenvalue weighted by Gasteiger charge is 2.15. The number of aromatic nitrogens is 3. The van der Waals surface area contributed by atoms with Crippen LogP contribution in [0, 0.1) is 0 Å². The topological polar surface area (TPSA) is 51.0 Å². The summed E-state index contributed by atoms with van der Waals surface area (Å²) >= 11 is 5.76. The van der Waals surface area contributed by atoms with Gasteiger partial charge in [0.05, 0.1) is 6.54 Å². The number of hydrogen-bond donors (Lipinski definition) is 0. The fourth-order valence-electron chi connectivity index (χ4n) is 1.56. The second-order valence-electron chi connectivity index (χ2n) is 3.96. The van der Waals surface area contributed by atoms with Gasteiger partial charge in [0.25, 0.3) is 5.91 Å². The first-order chi connectivity index (χ1) is 8.58. The minimum Gasteiger partial charge on any atom is -0.337 e. The maximum absolute atomic E-state index is 12.1. The van der Waals surface area contributed by atoms with Crippen molar-refractivity contribution in [3.8, 4) is 0 Å². The first-order valence-corrected chi connectivity index (χ1v) is 5.80. The summed E-state index contributed by atoms with van der Waals surface area (Å²) in [7, 11) is 3.60. The molecule has 0 radical (unpaired) electrons. The molecule has 0 aromatic carbocycles. The molecule has 0 unspecified atom stereocenters. The van der Waals surface area contributed by atoms with Gasteiger partial charge in [0.1, 0.15) is 16.7 Å². The van der Waals surface area contributed by atoms with Gasteiger partial charge in [-0.2, -0.15) is 0 Å². The van der Waals surface area contributed by atoms with Crippen molar-refractivity contribution in [3.05, 3.63) is 47.3 Å². The lowest BCUT2D eigenvalue weighted by molar-refractivity contribution is 0.0774. The molecule has 0 N–H and O–H groups in total. The average Bonchev–Trinajstić information content (AvgIpc) is 2.74. The fraction of sp³-hybridized carbons (Fsp3) is 0.250. The number of carbonyl (C=O) groups excluding carboxylic acids is 1. The Kier molecular flexibility index (Phi) is 3.62. The molecule has 18 heavy (non-hydrogen) atoms. The van der Waals surface area contributed by atoms with Crippen LogP contribution in [0.25, 0.3) is 0 Å². The summed E-state index contributed by atoms with van der Waals surface area (Å²) in [5.41, 5.74) is 0.333. The van der Waals surface area contributed by atoms with Gasteiger partial charge in [0.2, 0.25) is 0 Å². The van der Waals surface area contributed by atoms with E-state index in [1.807, 2.05) is 17.8 Å². The number of imidazole rings is 1. The van der Waals surface area contributed by atoms with Gasteiger partial charge < -0.3 is 9.47 Å². The fourth-order valence-corrected chi connectivity index (χ4v) is 1.72. The summed E-state index contributed by atoms with van der Waals surface area (Å²) < 4.78 is 1.87. The summed E-state index contributed by atoms with van der Waals surface area (Å²) in [5.74, 6) is 0.633. The summed E-state index contributed by atoms with van der Waals surface area (Å²) in [6.07, 6.45) is 3.54. The third-order valence-electron chi connectivity index (χ3n) is 2.58. The van der Waals surface area contributed by atoms with Gasteiger partial charge >= 0.3 is 0 Å². The molecule has 0 aliphatic heterocycles. The van der Waals surface area contributed by atoms with Gasteiger partial charge in [-0.1, -0.05) is 17.7 Å². The van der Waals surface area contributed by atoms with Gasteiger partial charge in [0, 0.05) is 26.5 Å². The van der Waals surface area contributed by atoms with E-state index in [4.69, 9.17) is 11.6 Å². The quantitative estimate of drug-likeness (QED) is 0.794. The van der Waals surface area contributed by atoms with E-state index in [0.29, 0.717) is 17.4 Å². The first kappa shape index (κ1) is 12.6. The highest BCUT2D eigenvalue weighted by atomic mass is 35.5. The number of aryl methyl sites for hydroxylation is 1. The monoisotopic (exact) mass is 264 g/mol. The second kappa shape index (κ2) is 5.18. The minimum absolute atomic E-state index is 0.180. The molecule has 2 aromatic heterocycles. The second-order valence-corrected chi connectivity index (χ2v) is 4.35. The number of pyridine rings is 1. The number of amides is 1. The summed E-state index contributed by atoms with van der Waals surface area (Å²) in [6.45, 7) is 0.427. The normalized spacial score (nSPS) is 10.4. The molecule has 6 heteroatoms. The van der Waals surface area contributed by atoms with Crippen molar-refractivity contribution in [2.45, 2.75) is 6.54 Å². The standard InChI is InChI=1S/C12H13ClN4O/c1-16-7-6-14-11(16)8-17(2)12(18)9-4-3-5-10(13)15-9/h3-7H,8H2,1-2H3. The van der Waals surface area contributed by atoms with E-state index >= 15 is 0 Å². The lowest BCUT2D eigenvalue weighted by atomic mass is 10.3. The maximum atomic E-state index is 12.1. The molecular formula is C12H13ClN4O. The predicted molar refractivity (Wildman–Crippen MR) is 68.3 cm³/mol. The van der Waals surface area contributed by atoms with Gasteiger partial charge in [-0.25, -0.2) is 9.97 Å². The first-order valence-electron chi connectivity index (χ1n) is 5.42. The van der Waals surface area contributed by atoms with E-state index in [9.17, 15) is 4.79 Å². The Morgan fingerprint density at radius 3 is 2.89 bits per heavy atom.